The van der Waals surface area contributed by atoms with Gasteiger partial charge in [0.1, 0.15) is 12.1 Å². The fraction of sp³-hybridized carbons (Fsp3) is 0.943. The quantitative estimate of drug-likeness (QED) is 0.430. The number of hydroxylamine groups is 2. The summed E-state index contributed by atoms with van der Waals surface area (Å²) in [5.74, 6) is 3.31. The highest BCUT2D eigenvalue weighted by atomic mass is 16.7. The number of methoxy groups -OCH3 is 1. The van der Waals surface area contributed by atoms with E-state index in [0.717, 1.165) is 44.9 Å². The van der Waals surface area contributed by atoms with Crippen LogP contribution in [0.3, 0.4) is 0 Å². The normalized spacial score (nSPS) is 46.8. The first-order chi connectivity index (χ1) is 20.9. The van der Waals surface area contributed by atoms with E-state index in [2.05, 4.69) is 57.3 Å². The van der Waals surface area contributed by atoms with Crippen LogP contribution in [0.5, 0.6) is 0 Å². The second-order valence-corrected chi connectivity index (χ2v) is 16.3. The molecule has 0 aromatic carbocycles. The Bertz CT molecular complexity index is 1050. The molecule has 7 fully saturated rings. The molecule has 250 valence electrons. The SMILES string of the molecule is CNC(=O)C1CC(C2CCCC(CN3O[C@H]4CO[C@H](C)[C@H]4[C@H]3C(=O)N[C@H]3C[C@H]4C[C@H]([C@@H]3C)C4(C)C)C2OC)CC(N(C)C)C1. The number of carbonyl (C=O) groups is 2. The van der Waals surface area contributed by atoms with Gasteiger partial charge < -0.3 is 25.0 Å². The Morgan fingerprint density at radius 2 is 1.82 bits per heavy atom. The molecule has 5 saturated carbocycles. The van der Waals surface area contributed by atoms with Gasteiger partial charge in [-0.2, -0.15) is 5.06 Å². The van der Waals surface area contributed by atoms with Gasteiger partial charge in [-0.1, -0.05) is 27.2 Å². The molecule has 5 aliphatic carbocycles. The van der Waals surface area contributed by atoms with Crippen molar-refractivity contribution in [3.05, 3.63) is 0 Å². The third kappa shape index (κ3) is 5.75. The highest BCUT2D eigenvalue weighted by Crippen LogP contribution is 2.61. The average molecular weight is 617 g/mol. The fourth-order valence-corrected chi connectivity index (χ4v) is 10.9. The predicted octanol–water partition coefficient (Wildman–Crippen LogP) is 3.72. The lowest BCUT2D eigenvalue weighted by atomic mass is 9.45. The molecule has 2 bridgehead atoms. The molecule has 2 aliphatic heterocycles. The molecule has 2 N–H and O–H groups in total. The van der Waals surface area contributed by atoms with Crippen molar-refractivity contribution in [1.82, 2.24) is 20.6 Å². The van der Waals surface area contributed by atoms with Crippen LogP contribution in [0.4, 0.5) is 0 Å². The molecule has 2 saturated heterocycles. The van der Waals surface area contributed by atoms with E-state index in [9.17, 15) is 9.59 Å². The van der Waals surface area contributed by atoms with Crippen LogP contribution in [0.15, 0.2) is 0 Å². The Morgan fingerprint density at radius 3 is 2.48 bits per heavy atom. The van der Waals surface area contributed by atoms with E-state index in [1.807, 2.05) is 12.2 Å². The molecule has 14 atom stereocenters. The first-order valence-electron chi connectivity index (χ1n) is 17.7. The second-order valence-electron chi connectivity index (χ2n) is 16.3. The number of ether oxygens (including phenoxy) is 2. The largest absolute Gasteiger partial charge is 0.381 e. The van der Waals surface area contributed by atoms with Crippen LogP contribution in [-0.4, -0.2) is 99.6 Å². The third-order valence-corrected chi connectivity index (χ3v) is 13.7. The van der Waals surface area contributed by atoms with E-state index in [1.165, 1.54) is 6.42 Å². The van der Waals surface area contributed by atoms with Gasteiger partial charge in [0, 0.05) is 50.5 Å². The van der Waals surface area contributed by atoms with Gasteiger partial charge in [-0.05, 0) is 101 Å². The van der Waals surface area contributed by atoms with E-state index in [0.29, 0.717) is 54.2 Å². The maximum Gasteiger partial charge on any atom is 0.240 e. The number of hydrogen-bond donors (Lipinski definition) is 2. The van der Waals surface area contributed by atoms with Gasteiger partial charge in [0.25, 0.3) is 0 Å². The zero-order valence-corrected chi connectivity index (χ0v) is 28.6. The van der Waals surface area contributed by atoms with Crippen molar-refractivity contribution in [2.75, 3.05) is 41.4 Å². The van der Waals surface area contributed by atoms with Crippen molar-refractivity contribution in [3.8, 4) is 0 Å². The van der Waals surface area contributed by atoms with Crippen LogP contribution in [0.1, 0.15) is 79.1 Å². The summed E-state index contributed by atoms with van der Waals surface area (Å²) in [5.41, 5.74) is 0.389. The first-order valence-corrected chi connectivity index (χ1v) is 17.7. The van der Waals surface area contributed by atoms with Crippen molar-refractivity contribution in [2.45, 2.75) is 115 Å². The standard InChI is InChI=1S/C35H60N4O5/c1-19-27-15-24(35(27,3)4)16-28(19)37-34(41)31-30-20(2)43-18-29(30)44-39(31)17-21-10-9-11-26(32(21)42-8)22-12-23(33(40)36-5)14-25(13-22)38(6)7/h19-32H,9-18H2,1-8H3,(H,36,40)(H,37,41)/t19-,20+,21?,22?,23?,24+,25?,26?,27+,28-,29-,30+,31-,32?/m0/s1. The van der Waals surface area contributed by atoms with Gasteiger partial charge in [-0.15, -0.1) is 0 Å². The summed E-state index contributed by atoms with van der Waals surface area (Å²) >= 11 is 0. The van der Waals surface area contributed by atoms with Crippen LogP contribution in [0.25, 0.3) is 0 Å². The van der Waals surface area contributed by atoms with Crippen LogP contribution < -0.4 is 10.6 Å². The molecule has 7 aliphatic rings. The summed E-state index contributed by atoms with van der Waals surface area (Å²) in [5, 5.41) is 8.50. The lowest BCUT2D eigenvalue weighted by Crippen LogP contribution is -2.62. The Hall–Kier alpha value is -1.26. The summed E-state index contributed by atoms with van der Waals surface area (Å²) in [4.78, 5) is 35.9. The zero-order chi connectivity index (χ0) is 31.5. The molecule has 44 heavy (non-hydrogen) atoms. The highest BCUT2D eigenvalue weighted by Gasteiger charge is 2.58. The number of fused-ring (bicyclic) bond motifs is 3. The Labute approximate surface area is 265 Å². The number of rotatable bonds is 8. The van der Waals surface area contributed by atoms with Gasteiger partial charge in [0.05, 0.1) is 18.8 Å². The van der Waals surface area contributed by atoms with E-state index in [-0.39, 0.29) is 60.0 Å². The van der Waals surface area contributed by atoms with Crippen LogP contribution >= 0.6 is 0 Å². The minimum Gasteiger partial charge on any atom is -0.381 e. The number of nitrogens with one attached hydrogen (secondary N) is 2. The Balaban J connectivity index is 1.17. The zero-order valence-electron chi connectivity index (χ0n) is 28.6. The Kier molecular flexibility index (Phi) is 9.46. The van der Waals surface area contributed by atoms with Gasteiger partial charge in [0.15, 0.2) is 0 Å². The number of amides is 2. The summed E-state index contributed by atoms with van der Waals surface area (Å²) in [6.45, 7) is 10.5. The van der Waals surface area contributed by atoms with E-state index >= 15 is 0 Å². The van der Waals surface area contributed by atoms with Crippen molar-refractivity contribution < 1.29 is 23.9 Å². The lowest BCUT2D eigenvalue weighted by molar-refractivity contribution is -0.194. The molecule has 0 aromatic heterocycles. The van der Waals surface area contributed by atoms with E-state index in [4.69, 9.17) is 14.3 Å². The first kappa shape index (κ1) is 32.7. The van der Waals surface area contributed by atoms with E-state index in [1.54, 1.807) is 7.05 Å². The molecule has 2 amide bonds. The van der Waals surface area contributed by atoms with E-state index < -0.39 is 0 Å². The molecular weight excluding hydrogens is 556 g/mol. The van der Waals surface area contributed by atoms with Crippen LogP contribution in [0, 0.1) is 52.8 Å². The maximum atomic E-state index is 14.2. The molecular formula is C35H60N4O5. The molecule has 9 nitrogen and oxygen atoms in total. The number of carbonyl (C=O) groups excluding carboxylic acids is 2. The van der Waals surface area contributed by atoms with Gasteiger partial charge >= 0.3 is 0 Å². The second kappa shape index (κ2) is 12.7. The topological polar surface area (TPSA) is 92.4 Å². The molecule has 9 heteroatoms. The lowest BCUT2D eigenvalue weighted by Gasteiger charge is -2.62. The summed E-state index contributed by atoms with van der Waals surface area (Å²) in [7, 11) is 7.89. The van der Waals surface area contributed by atoms with Crippen molar-refractivity contribution in [2.24, 2.45) is 52.8 Å². The van der Waals surface area contributed by atoms with Crippen LogP contribution in [-0.2, 0) is 23.9 Å². The summed E-state index contributed by atoms with van der Waals surface area (Å²) in [6.07, 6.45) is 8.62. The highest BCUT2D eigenvalue weighted by molar-refractivity contribution is 5.83. The maximum absolute atomic E-state index is 14.2. The molecule has 0 aromatic rings. The van der Waals surface area contributed by atoms with Crippen LogP contribution in [0.2, 0.25) is 0 Å². The average Bonchev–Trinajstić information content (AvgIpc) is 3.55. The van der Waals surface area contributed by atoms with Crippen molar-refractivity contribution >= 4 is 11.8 Å². The fourth-order valence-electron chi connectivity index (χ4n) is 10.9. The number of hydrogen-bond acceptors (Lipinski definition) is 7. The number of nitrogens with zero attached hydrogens (tertiary/aromatic N) is 2. The third-order valence-electron chi connectivity index (χ3n) is 13.7. The monoisotopic (exact) mass is 616 g/mol. The van der Waals surface area contributed by atoms with Gasteiger partial charge in [-0.3, -0.25) is 14.4 Å². The summed E-state index contributed by atoms with van der Waals surface area (Å²) < 4.78 is 12.4. The minimum atomic E-state index is -0.348. The smallest absolute Gasteiger partial charge is 0.240 e. The molecule has 6 unspecified atom stereocenters. The van der Waals surface area contributed by atoms with Gasteiger partial charge in [0.2, 0.25) is 11.8 Å². The predicted molar refractivity (Wildman–Crippen MR) is 169 cm³/mol. The minimum absolute atomic E-state index is 0.0129. The summed E-state index contributed by atoms with van der Waals surface area (Å²) in [6, 6.07) is 0.274. The molecule has 0 radical (unpaired) electrons. The molecule has 0 spiro atoms. The van der Waals surface area contributed by atoms with Gasteiger partial charge in [-0.25, -0.2) is 0 Å². The van der Waals surface area contributed by atoms with Crippen molar-refractivity contribution in [1.29, 1.82) is 0 Å². The molecule has 7 rings (SSSR count). The molecule has 2 heterocycles. The Morgan fingerprint density at radius 1 is 1.05 bits per heavy atom. The van der Waals surface area contributed by atoms with Crippen molar-refractivity contribution in [3.63, 3.8) is 0 Å².